The van der Waals surface area contributed by atoms with E-state index in [0.29, 0.717) is 29.8 Å². The lowest BCUT2D eigenvalue weighted by atomic mass is 10.1. The molecule has 180 valence electrons. The molecule has 0 aromatic heterocycles. The highest BCUT2D eigenvalue weighted by molar-refractivity contribution is 14.1. The zero-order chi connectivity index (χ0) is 24.6. The van der Waals surface area contributed by atoms with Gasteiger partial charge < -0.3 is 9.47 Å². The van der Waals surface area contributed by atoms with Crippen LogP contribution in [0.4, 0.5) is 5.69 Å². The maximum Gasteiger partial charge on any atom is 0.266 e. The standard InChI is InChI=1S/C28H27IN2O3S/c1-20-9-11-21(12-10-20)19-34-25-14-13-22(17-24(25)29)18-26-27(32)31(15-6-16-33-2)28(35-26)30-23-7-4-3-5-8-23/h3-5,7-14,17-18H,6,15-16,19H2,1-2H3/b26-18-,30-28?. The molecule has 1 amide bonds. The number of carbonyl (C=O) groups is 1. The maximum atomic E-state index is 13.2. The van der Waals surface area contributed by atoms with E-state index in [1.165, 1.54) is 17.3 Å². The Morgan fingerprint density at radius 1 is 1.06 bits per heavy atom. The summed E-state index contributed by atoms with van der Waals surface area (Å²) in [7, 11) is 1.67. The smallest absolute Gasteiger partial charge is 0.266 e. The molecular formula is C28H27IN2O3S. The molecule has 3 aromatic carbocycles. The highest BCUT2D eigenvalue weighted by Gasteiger charge is 2.33. The summed E-state index contributed by atoms with van der Waals surface area (Å²) < 4.78 is 12.2. The first kappa shape index (κ1) is 25.5. The fourth-order valence-electron chi connectivity index (χ4n) is 3.49. The Morgan fingerprint density at radius 3 is 2.54 bits per heavy atom. The van der Waals surface area contributed by atoms with Gasteiger partial charge in [-0.25, -0.2) is 4.99 Å². The molecule has 3 aromatic rings. The van der Waals surface area contributed by atoms with E-state index in [4.69, 9.17) is 14.5 Å². The average Bonchev–Trinajstić information content (AvgIpc) is 3.14. The molecule has 4 rings (SSSR count). The highest BCUT2D eigenvalue weighted by atomic mass is 127. The van der Waals surface area contributed by atoms with Crippen molar-refractivity contribution in [3.05, 3.63) is 98.0 Å². The zero-order valence-corrected chi connectivity index (χ0v) is 22.7. The molecule has 0 atom stereocenters. The minimum absolute atomic E-state index is 0.0320. The zero-order valence-electron chi connectivity index (χ0n) is 19.7. The van der Waals surface area contributed by atoms with E-state index in [1.54, 1.807) is 12.0 Å². The lowest BCUT2D eigenvalue weighted by Gasteiger charge is -2.15. The molecule has 0 aliphatic carbocycles. The van der Waals surface area contributed by atoms with Crippen LogP contribution in [0.1, 0.15) is 23.1 Å². The second-order valence-corrected chi connectivity index (χ2v) is 10.3. The summed E-state index contributed by atoms with van der Waals surface area (Å²) in [5.41, 5.74) is 4.13. The number of nitrogens with zero attached hydrogens (tertiary/aromatic N) is 2. The summed E-state index contributed by atoms with van der Waals surface area (Å²) in [6.07, 6.45) is 2.67. The molecule has 35 heavy (non-hydrogen) atoms. The van der Waals surface area contributed by atoms with Gasteiger partial charge in [-0.05, 0) is 89.2 Å². The van der Waals surface area contributed by atoms with Crippen LogP contribution in [0.3, 0.4) is 0 Å². The van der Waals surface area contributed by atoms with Crippen LogP contribution in [0.15, 0.2) is 82.7 Å². The van der Waals surface area contributed by atoms with Crippen molar-refractivity contribution in [1.82, 2.24) is 4.90 Å². The Bertz CT molecular complexity index is 1230. The van der Waals surface area contributed by atoms with E-state index >= 15 is 0 Å². The van der Waals surface area contributed by atoms with Gasteiger partial charge in [-0.2, -0.15) is 0 Å². The number of benzene rings is 3. The fourth-order valence-corrected chi connectivity index (χ4v) is 5.21. The summed E-state index contributed by atoms with van der Waals surface area (Å²) in [5.74, 6) is 0.793. The molecule has 0 saturated carbocycles. The number of amidine groups is 1. The molecule has 1 heterocycles. The lowest BCUT2D eigenvalue weighted by molar-refractivity contribution is -0.122. The topological polar surface area (TPSA) is 51.1 Å². The number of methoxy groups -OCH3 is 1. The van der Waals surface area contributed by atoms with Crippen LogP contribution in [0.5, 0.6) is 5.75 Å². The van der Waals surface area contributed by atoms with E-state index in [2.05, 4.69) is 53.8 Å². The van der Waals surface area contributed by atoms with Gasteiger partial charge in [-0.15, -0.1) is 0 Å². The summed E-state index contributed by atoms with van der Waals surface area (Å²) in [4.78, 5) is 20.4. The van der Waals surface area contributed by atoms with Crippen molar-refractivity contribution >= 4 is 57.2 Å². The normalized spacial score (nSPS) is 15.9. The predicted molar refractivity (Wildman–Crippen MR) is 152 cm³/mol. The lowest BCUT2D eigenvalue weighted by Crippen LogP contribution is -2.30. The van der Waals surface area contributed by atoms with Crippen LogP contribution < -0.4 is 4.74 Å². The first-order chi connectivity index (χ1) is 17.0. The SMILES string of the molecule is COCCCN1C(=O)/C(=C/c2ccc(OCc3ccc(C)cc3)c(I)c2)SC1=Nc1ccccc1. The number of aryl methyl sites for hydroxylation is 1. The van der Waals surface area contributed by atoms with Crippen LogP contribution in [0.2, 0.25) is 0 Å². The number of amides is 1. The van der Waals surface area contributed by atoms with Gasteiger partial charge >= 0.3 is 0 Å². The molecule has 0 unspecified atom stereocenters. The van der Waals surface area contributed by atoms with Crippen LogP contribution in [0.25, 0.3) is 6.08 Å². The third-order valence-corrected chi connectivity index (χ3v) is 7.22. The average molecular weight is 599 g/mol. The third-order valence-electron chi connectivity index (χ3n) is 5.37. The molecule has 1 saturated heterocycles. The van der Waals surface area contributed by atoms with E-state index in [0.717, 1.165) is 32.6 Å². The number of hydrogen-bond acceptors (Lipinski definition) is 5. The number of ether oxygens (including phenoxy) is 2. The number of halogens is 1. The number of hydrogen-bond donors (Lipinski definition) is 0. The molecule has 0 bridgehead atoms. The largest absolute Gasteiger partial charge is 0.488 e. The summed E-state index contributed by atoms with van der Waals surface area (Å²) in [5, 5.41) is 0.691. The van der Waals surface area contributed by atoms with Crippen molar-refractivity contribution in [3.8, 4) is 5.75 Å². The number of carbonyl (C=O) groups excluding carboxylic acids is 1. The van der Waals surface area contributed by atoms with Crippen molar-refractivity contribution in [3.63, 3.8) is 0 Å². The number of aliphatic imine (C=N–C) groups is 1. The van der Waals surface area contributed by atoms with Crippen LogP contribution >= 0.6 is 34.4 Å². The van der Waals surface area contributed by atoms with Gasteiger partial charge in [0.25, 0.3) is 5.91 Å². The van der Waals surface area contributed by atoms with E-state index in [1.807, 2.05) is 54.6 Å². The van der Waals surface area contributed by atoms with Gasteiger partial charge in [-0.1, -0.05) is 54.1 Å². The Morgan fingerprint density at radius 2 is 1.83 bits per heavy atom. The van der Waals surface area contributed by atoms with Crippen LogP contribution in [-0.2, 0) is 16.1 Å². The minimum Gasteiger partial charge on any atom is -0.488 e. The number of rotatable bonds is 9. The Hall–Kier alpha value is -2.62. The molecule has 0 spiro atoms. The van der Waals surface area contributed by atoms with Crippen molar-refractivity contribution in [2.24, 2.45) is 4.99 Å². The highest BCUT2D eigenvalue weighted by Crippen LogP contribution is 2.35. The first-order valence-electron chi connectivity index (χ1n) is 11.4. The second-order valence-electron chi connectivity index (χ2n) is 8.11. The monoisotopic (exact) mass is 598 g/mol. The Labute approximate surface area is 224 Å². The summed E-state index contributed by atoms with van der Waals surface area (Å²) in [6.45, 7) is 3.74. The molecule has 0 N–H and O–H groups in total. The van der Waals surface area contributed by atoms with Gasteiger partial charge in [0.1, 0.15) is 12.4 Å². The van der Waals surface area contributed by atoms with E-state index < -0.39 is 0 Å². The van der Waals surface area contributed by atoms with Gasteiger partial charge in [-0.3, -0.25) is 9.69 Å². The first-order valence-corrected chi connectivity index (χ1v) is 13.2. The van der Waals surface area contributed by atoms with Crippen molar-refractivity contribution in [2.45, 2.75) is 20.0 Å². The van der Waals surface area contributed by atoms with Gasteiger partial charge in [0.2, 0.25) is 0 Å². The second kappa shape index (κ2) is 12.4. The molecule has 1 aliphatic heterocycles. The molecule has 0 radical (unpaired) electrons. The molecule has 1 aliphatic rings. The Kier molecular flexibility index (Phi) is 9.01. The third kappa shape index (κ3) is 6.96. The summed E-state index contributed by atoms with van der Waals surface area (Å²) in [6, 6.07) is 24.0. The van der Waals surface area contributed by atoms with Crippen molar-refractivity contribution < 1.29 is 14.3 Å². The van der Waals surface area contributed by atoms with Gasteiger partial charge in [0.05, 0.1) is 14.2 Å². The summed E-state index contributed by atoms with van der Waals surface area (Å²) >= 11 is 3.68. The Balaban J connectivity index is 1.51. The number of thioether (sulfide) groups is 1. The van der Waals surface area contributed by atoms with Crippen LogP contribution in [-0.4, -0.2) is 36.2 Å². The molecule has 5 nitrogen and oxygen atoms in total. The van der Waals surface area contributed by atoms with Crippen molar-refractivity contribution in [2.75, 3.05) is 20.3 Å². The molecule has 7 heteroatoms. The number of para-hydroxylation sites is 1. The van der Waals surface area contributed by atoms with Gasteiger partial charge in [0, 0.05) is 20.3 Å². The maximum absolute atomic E-state index is 13.2. The quantitative estimate of drug-likeness (QED) is 0.154. The van der Waals surface area contributed by atoms with E-state index in [9.17, 15) is 4.79 Å². The van der Waals surface area contributed by atoms with Crippen LogP contribution in [0, 0.1) is 10.5 Å². The van der Waals surface area contributed by atoms with Crippen molar-refractivity contribution in [1.29, 1.82) is 0 Å². The molecule has 1 fully saturated rings. The minimum atomic E-state index is -0.0320. The van der Waals surface area contributed by atoms with E-state index in [-0.39, 0.29) is 5.91 Å². The molecular weight excluding hydrogens is 571 g/mol. The predicted octanol–water partition coefficient (Wildman–Crippen LogP) is 6.82. The fraction of sp³-hybridized carbons (Fsp3) is 0.214. The van der Waals surface area contributed by atoms with Gasteiger partial charge in [0.15, 0.2) is 5.17 Å².